The molecule has 1 heterocycles. The highest BCUT2D eigenvalue weighted by Crippen LogP contribution is 2.26. The maximum atomic E-state index is 12.2. The van der Waals surface area contributed by atoms with Gasteiger partial charge in [-0.2, -0.15) is 0 Å². The van der Waals surface area contributed by atoms with Gasteiger partial charge in [0.05, 0.1) is 10.2 Å². The van der Waals surface area contributed by atoms with Crippen molar-refractivity contribution in [3.63, 3.8) is 0 Å². The van der Waals surface area contributed by atoms with E-state index < -0.39 is 0 Å². The number of nitrogens with zero attached hydrogens (tertiary/aromatic N) is 2. The van der Waals surface area contributed by atoms with Crippen LogP contribution in [0.5, 0.6) is 0 Å². The van der Waals surface area contributed by atoms with Crippen molar-refractivity contribution >= 4 is 56.3 Å². The first-order chi connectivity index (χ1) is 12.9. The van der Waals surface area contributed by atoms with Gasteiger partial charge in [-0.25, -0.2) is 4.98 Å². The molecule has 1 aromatic heterocycles. The van der Waals surface area contributed by atoms with E-state index in [-0.39, 0.29) is 24.8 Å². The topological polar surface area (TPSA) is 74.3 Å². The maximum absolute atomic E-state index is 12.2. The summed E-state index contributed by atoms with van der Waals surface area (Å²) in [6, 6.07) is 12.8. The fourth-order valence-electron chi connectivity index (χ4n) is 2.50. The van der Waals surface area contributed by atoms with Crippen LogP contribution < -0.4 is 15.5 Å². The molecule has 0 radical (unpaired) electrons. The molecule has 0 saturated carbocycles. The summed E-state index contributed by atoms with van der Waals surface area (Å²) in [5.41, 5.74) is 2.96. The predicted molar refractivity (Wildman–Crippen MR) is 111 cm³/mol. The highest BCUT2D eigenvalue weighted by molar-refractivity contribution is 7.22. The Morgan fingerprint density at radius 1 is 1.15 bits per heavy atom. The molecule has 140 valence electrons. The molecular weight excluding hydrogens is 384 g/mol. The minimum Gasteiger partial charge on any atom is -0.378 e. The summed E-state index contributed by atoms with van der Waals surface area (Å²) < 4.78 is 1.37. The quantitative estimate of drug-likeness (QED) is 0.658. The van der Waals surface area contributed by atoms with E-state index in [0.717, 1.165) is 16.1 Å². The second-order valence-corrected chi connectivity index (χ2v) is 7.76. The average molecular weight is 403 g/mol. The lowest BCUT2D eigenvalue weighted by atomic mass is 10.2. The SMILES string of the molecule is CN(C)c1ccc(NC(=O)CCNC(=O)c2ccc3sc(Cl)nc3c2)cc1. The van der Waals surface area contributed by atoms with E-state index in [1.807, 2.05) is 49.3 Å². The van der Waals surface area contributed by atoms with Gasteiger partial charge in [0, 0.05) is 44.0 Å². The molecule has 2 aromatic carbocycles. The second-order valence-electron chi connectivity index (χ2n) is 6.14. The molecule has 3 aromatic rings. The third kappa shape index (κ3) is 4.96. The number of thiazole rings is 1. The lowest BCUT2D eigenvalue weighted by molar-refractivity contribution is -0.116. The van der Waals surface area contributed by atoms with Gasteiger partial charge < -0.3 is 15.5 Å². The Balaban J connectivity index is 1.49. The Hall–Kier alpha value is -2.64. The second kappa shape index (κ2) is 8.37. The number of fused-ring (bicyclic) bond motifs is 1. The Labute approximate surface area is 166 Å². The Morgan fingerprint density at radius 2 is 1.89 bits per heavy atom. The van der Waals surface area contributed by atoms with E-state index in [1.165, 1.54) is 11.3 Å². The van der Waals surface area contributed by atoms with Gasteiger partial charge in [-0.3, -0.25) is 9.59 Å². The predicted octanol–water partition coefficient (Wildman–Crippen LogP) is 3.77. The smallest absolute Gasteiger partial charge is 0.251 e. The number of hydrogen-bond donors (Lipinski definition) is 2. The summed E-state index contributed by atoms with van der Waals surface area (Å²) in [5.74, 6) is -0.404. The van der Waals surface area contributed by atoms with Crippen LogP contribution in [0.4, 0.5) is 11.4 Å². The number of hydrogen-bond acceptors (Lipinski definition) is 5. The summed E-state index contributed by atoms with van der Waals surface area (Å²) in [4.78, 5) is 30.4. The highest BCUT2D eigenvalue weighted by Gasteiger charge is 2.10. The van der Waals surface area contributed by atoms with Crippen LogP contribution in [0.15, 0.2) is 42.5 Å². The highest BCUT2D eigenvalue weighted by atomic mass is 35.5. The average Bonchev–Trinajstić information content (AvgIpc) is 3.01. The molecule has 2 N–H and O–H groups in total. The molecule has 0 unspecified atom stereocenters. The van der Waals surface area contributed by atoms with E-state index >= 15 is 0 Å². The first-order valence-electron chi connectivity index (χ1n) is 8.34. The zero-order valence-corrected chi connectivity index (χ0v) is 16.5. The van der Waals surface area contributed by atoms with E-state index in [0.29, 0.717) is 15.5 Å². The monoisotopic (exact) mass is 402 g/mol. The molecule has 8 heteroatoms. The summed E-state index contributed by atoms with van der Waals surface area (Å²) >= 11 is 7.25. The van der Waals surface area contributed by atoms with Crippen molar-refractivity contribution in [3.05, 3.63) is 52.5 Å². The van der Waals surface area contributed by atoms with Crippen molar-refractivity contribution in [2.24, 2.45) is 0 Å². The molecule has 0 atom stereocenters. The van der Waals surface area contributed by atoms with Crippen molar-refractivity contribution in [1.29, 1.82) is 0 Å². The van der Waals surface area contributed by atoms with Gasteiger partial charge >= 0.3 is 0 Å². The maximum Gasteiger partial charge on any atom is 0.251 e. The lowest BCUT2D eigenvalue weighted by Gasteiger charge is -2.13. The summed E-state index contributed by atoms with van der Waals surface area (Å²) in [5, 5.41) is 5.56. The van der Waals surface area contributed by atoms with Crippen molar-refractivity contribution in [2.75, 3.05) is 30.9 Å². The summed E-state index contributed by atoms with van der Waals surface area (Å²) in [7, 11) is 3.91. The number of nitrogens with one attached hydrogen (secondary N) is 2. The van der Waals surface area contributed by atoms with Crippen molar-refractivity contribution in [1.82, 2.24) is 10.3 Å². The first kappa shape index (κ1) is 19.1. The van der Waals surface area contributed by atoms with Gasteiger partial charge in [0.1, 0.15) is 0 Å². The van der Waals surface area contributed by atoms with Crippen LogP contribution in [-0.4, -0.2) is 37.4 Å². The number of rotatable bonds is 6. The zero-order chi connectivity index (χ0) is 19.4. The van der Waals surface area contributed by atoms with Crippen molar-refractivity contribution in [3.8, 4) is 0 Å². The van der Waals surface area contributed by atoms with Gasteiger partial charge in [0.2, 0.25) is 5.91 Å². The first-order valence-corrected chi connectivity index (χ1v) is 9.53. The van der Waals surface area contributed by atoms with Crippen LogP contribution in [0.3, 0.4) is 0 Å². The molecule has 0 fully saturated rings. The molecule has 0 bridgehead atoms. The third-order valence-electron chi connectivity index (χ3n) is 3.93. The minimum absolute atomic E-state index is 0.158. The molecule has 0 aliphatic carbocycles. The standard InChI is InChI=1S/C19H19ClN4O2S/c1-24(2)14-6-4-13(5-7-14)22-17(25)9-10-21-18(26)12-3-8-16-15(11-12)23-19(20)27-16/h3-8,11H,9-10H2,1-2H3,(H,21,26)(H,22,25). The van der Waals surface area contributed by atoms with Crippen LogP contribution in [0.25, 0.3) is 10.2 Å². The van der Waals surface area contributed by atoms with Crippen LogP contribution in [0.2, 0.25) is 4.47 Å². The van der Waals surface area contributed by atoms with Gasteiger partial charge in [0.25, 0.3) is 5.91 Å². The normalized spacial score (nSPS) is 10.6. The summed E-state index contributed by atoms with van der Waals surface area (Å²) in [6.45, 7) is 0.246. The molecule has 0 spiro atoms. The largest absolute Gasteiger partial charge is 0.378 e. The van der Waals surface area contributed by atoms with E-state index in [1.54, 1.807) is 12.1 Å². The fraction of sp³-hybridized carbons (Fsp3) is 0.211. The van der Waals surface area contributed by atoms with E-state index in [2.05, 4.69) is 15.6 Å². The van der Waals surface area contributed by atoms with E-state index in [4.69, 9.17) is 11.6 Å². The van der Waals surface area contributed by atoms with Crippen LogP contribution >= 0.6 is 22.9 Å². The zero-order valence-electron chi connectivity index (χ0n) is 15.0. The van der Waals surface area contributed by atoms with Gasteiger partial charge in [-0.05, 0) is 42.5 Å². The number of aromatic nitrogens is 1. The molecule has 6 nitrogen and oxygen atoms in total. The molecule has 2 amide bonds. The molecule has 0 aliphatic heterocycles. The molecule has 3 rings (SSSR count). The molecular formula is C19H19ClN4O2S. The third-order valence-corrected chi connectivity index (χ3v) is 5.07. The number of carbonyl (C=O) groups excluding carboxylic acids is 2. The Bertz CT molecular complexity index is 970. The number of anilines is 2. The lowest BCUT2D eigenvalue weighted by Crippen LogP contribution is -2.27. The number of halogens is 1. The Morgan fingerprint density at radius 3 is 2.59 bits per heavy atom. The van der Waals surface area contributed by atoms with Crippen LogP contribution in [0.1, 0.15) is 16.8 Å². The fourth-order valence-corrected chi connectivity index (χ4v) is 3.51. The van der Waals surface area contributed by atoms with Gasteiger partial charge in [-0.15, -0.1) is 11.3 Å². The molecule has 0 aliphatic rings. The van der Waals surface area contributed by atoms with Crippen LogP contribution in [0, 0.1) is 0 Å². The number of amides is 2. The Kier molecular flexibility index (Phi) is 5.93. The van der Waals surface area contributed by atoms with Crippen molar-refractivity contribution in [2.45, 2.75) is 6.42 Å². The van der Waals surface area contributed by atoms with Crippen molar-refractivity contribution < 1.29 is 9.59 Å². The number of carbonyl (C=O) groups is 2. The van der Waals surface area contributed by atoms with Gasteiger partial charge in [-0.1, -0.05) is 11.6 Å². The number of benzene rings is 2. The molecule has 27 heavy (non-hydrogen) atoms. The summed E-state index contributed by atoms with van der Waals surface area (Å²) in [6.07, 6.45) is 0.186. The minimum atomic E-state index is -0.246. The van der Waals surface area contributed by atoms with Crippen LogP contribution in [-0.2, 0) is 4.79 Å². The molecule has 0 saturated heterocycles. The van der Waals surface area contributed by atoms with Gasteiger partial charge in [0.15, 0.2) is 4.47 Å². The van der Waals surface area contributed by atoms with E-state index in [9.17, 15) is 9.59 Å².